The van der Waals surface area contributed by atoms with E-state index in [1.807, 2.05) is 0 Å². The quantitative estimate of drug-likeness (QED) is 0.819. The lowest BCUT2D eigenvalue weighted by Crippen LogP contribution is -2.15. The van der Waals surface area contributed by atoms with Gasteiger partial charge in [-0.2, -0.15) is 0 Å². The molecule has 1 heterocycles. The number of hydrogen-bond donors (Lipinski definition) is 1. The van der Waals surface area contributed by atoms with Gasteiger partial charge in [0, 0.05) is 6.42 Å². The van der Waals surface area contributed by atoms with Crippen LogP contribution in [0.15, 0.2) is 11.4 Å². The molecule has 0 fully saturated rings. The Kier molecular flexibility index (Phi) is 5.31. The van der Waals surface area contributed by atoms with Crippen molar-refractivity contribution in [2.75, 3.05) is 19.5 Å². The molecule has 1 N–H and O–H groups in total. The summed E-state index contributed by atoms with van der Waals surface area (Å²) in [4.78, 5) is 34.1. The van der Waals surface area contributed by atoms with Gasteiger partial charge in [0.2, 0.25) is 5.91 Å². The second kappa shape index (κ2) is 6.75. The van der Waals surface area contributed by atoms with E-state index in [0.29, 0.717) is 10.6 Å². The summed E-state index contributed by atoms with van der Waals surface area (Å²) in [5.41, 5.74) is 0.390. The summed E-state index contributed by atoms with van der Waals surface area (Å²) < 4.78 is 9.00. The lowest BCUT2D eigenvalue weighted by Gasteiger charge is -2.04. The van der Waals surface area contributed by atoms with Crippen molar-refractivity contribution >= 4 is 34.9 Å². The molecule has 0 radical (unpaired) electrons. The standard InChI is InChI=1S/C11H13NO5S/c1-16-9(14)4-3-8(13)12-7-5-6-18-10(7)11(15)17-2/h5-6H,3-4H2,1-2H3,(H,12,13). The van der Waals surface area contributed by atoms with Gasteiger partial charge in [0.1, 0.15) is 4.88 Å². The van der Waals surface area contributed by atoms with E-state index >= 15 is 0 Å². The van der Waals surface area contributed by atoms with Gasteiger partial charge in [-0.05, 0) is 11.4 Å². The number of amides is 1. The monoisotopic (exact) mass is 271 g/mol. The Balaban J connectivity index is 2.57. The number of hydrogen-bond acceptors (Lipinski definition) is 6. The molecule has 0 aliphatic heterocycles. The molecular weight excluding hydrogens is 258 g/mol. The second-order valence-corrected chi connectivity index (χ2v) is 4.20. The van der Waals surface area contributed by atoms with Gasteiger partial charge >= 0.3 is 11.9 Å². The van der Waals surface area contributed by atoms with E-state index in [1.54, 1.807) is 11.4 Å². The first kappa shape index (κ1) is 14.2. The Hall–Kier alpha value is -1.89. The van der Waals surface area contributed by atoms with Crippen LogP contribution in [0.25, 0.3) is 0 Å². The van der Waals surface area contributed by atoms with Crippen LogP contribution in [-0.2, 0) is 19.1 Å². The molecule has 7 heteroatoms. The zero-order valence-corrected chi connectivity index (χ0v) is 10.8. The highest BCUT2D eigenvalue weighted by Crippen LogP contribution is 2.23. The van der Waals surface area contributed by atoms with Crippen molar-refractivity contribution in [1.82, 2.24) is 0 Å². The van der Waals surface area contributed by atoms with Crippen molar-refractivity contribution in [2.45, 2.75) is 12.8 Å². The van der Waals surface area contributed by atoms with E-state index in [-0.39, 0.29) is 18.7 Å². The number of ether oxygens (including phenoxy) is 2. The fourth-order valence-electron chi connectivity index (χ4n) is 1.19. The highest BCUT2D eigenvalue weighted by molar-refractivity contribution is 7.12. The van der Waals surface area contributed by atoms with Crippen LogP contribution in [0.1, 0.15) is 22.5 Å². The average Bonchev–Trinajstić information content (AvgIpc) is 2.82. The zero-order valence-electron chi connectivity index (χ0n) is 10.0. The van der Waals surface area contributed by atoms with Crippen LogP contribution in [0.5, 0.6) is 0 Å². The molecule has 0 atom stereocenters. The minimum atomic E-state index is -0.506. The normalized spacial score (nSPS) is 9.67. The first-order chi connectivity index (χ1) is 8.58. The maximum absolute atomic E-state index is 11.5. The predicted molar refractivity (Wildman–Crippen MR) is 65.5 cm³/mol. The van der Waals surface area contributed by atoms with E-state index in [0.717, 1.165) is 0 Å². The van der Waals surface area contributed by atoms with Crippen LogP contribution in [0, 0.1) is 0 Å². The Morgan fingerprint density at radius 3 is 2.56 bits per heavy atom. The number of rotatable bonds is 5. The summed E-state index contributed by atoms with van der Waals surface area (Å²) in [7, 11) is 2.53. The molecule has 0 aromatic carbocycles. The molecule has 1 amide bonds. The fourth-order valence-corrected chi connectivity index (χ4v) is 1.95. The van der Waals surface area contributed by atoms with Crippen LogP contribution >= 0.6 is 11.3 Å². The van der Waals surface area contributed by atoms with Gasteiger partial charge in [0.05, 0.1) is 26.3 Å². The van der Waals surface area contributed by atoms with Crippen molar-refractivity contribution in [3.05, 3.63) is 16.3 Å². The molecule has 6 nitrogen and oxygen atoms in total. The number of esters is 2. The van der Waals surface area contributed by atoms with Gasteiger partial charge in [-0.25, -0.2) is 4.79 Å². The van der Waals surface area contributed by atoms with Gasteiger partial charge in [0.25, 0.3) is 0 Å². The molecule has 0 aliphatic carbocycles. The molecule has 0 bridgehead atoms. The van der Waals surface area contributed by atoms with Crippen LogP contribution in [0.3, 0.4) is 0 Å². The van der Waals surface area contributed by atoms with Gasteiger partial charge in [-0.15, -0.1) is 11.3 Å². The lowest BCUT2D eigenvalue weighted by molar-refractivity contribution is -0.141. The SMILES string of the molecule is COC(=O)CCC(=O)Nc1ccsc1C(=O)OC. The van der Waals surface area contributed by atoms with E-state index < -0.39 is 11.9 Å². The highest BCUT2D eigenvalue weighted by atomic mass is 32.1. The van der Waals surface area contributed by atoms with Crippen molar-refractivity contribution < 1.29 is 23.9 Å². The number of methoxy groups -OCH3 is 2. The summed E-state index contributed by atoms with van der Waals surface area (Å²) in [6.45, 7) is 0. The highest BCUT2D eigenvalue weighted by Gasteiger charge is 2.15. The topological polar surface area (TPSA) is 81.7 Å². The van der Waals surface area contributed by atoms with Gasteiger partial charge in [-0.1, -0.05) is 0 Å². The van der Waals surface area contributed by atoms with Crippen LogP contribution in [0.4, 0.5) is 5.69 Å². The Labute approximate surface area is 108 Å². The van der Waals surface area contributed by atoms with Crippen LogP contribution < -0.4 is 5.32 Å². The van der Waals surface area contributed by atoms with Crippen molar-refractivity contribution in [2.24, 2.45) is 0 Å². The molecule has 1 rings (SSSR count). The Morgan fingerprint density at radius 1 is 1.22 bits per heavy atom. The first-order valence-electron chi connectivity index (χ1n) is 5.11. The molecule has 0 aliphatic rings. The Morgan fingerprint density at radius 2 is 1.94 bits per heavy atom. The summed E-state index contributed by atoms with van der Waals surface area (Å²) in [5.74, 6) is -1.32. The van der Waals surface area contributed by atoms with Crippen LogP contribution in [0.2, 0.25) is 0 Å². The number of thiophene rings is 1. The smallest absolute Gasteiger partial charge is 0.350 e. The minimum Gasteiger partial charge on any atom is -0.469 e. The van der Waals surface area contributed by atoms with E-state index in [1.165, 1.54) is 25.6 Å². The summed E-state index contributed by atoms with van der Waals surface area (Å²) in [5, 5.41) is 4.22. The molecule has 0 unspecified atom stereocenters. The predicted octanol–water partition coefficient (Wildman–Crippen LogP) is 1.43. The van der Waals surface area contributed by atoms with E-state index in [4.69, 9.17) is 0 Å². The minimum absolute atomic E-state index is 0.0000278. The molecule has 98 valence electrons. The Bertz CT molecular complexity index is 454. The second-order valence-electron chi connectivity index (χ2n) is 3.28. The van der Waals surface area contributed by atoms with Crippen LogP contribution in [-0.4, -0.2) is 32.1 Å². The fraction of sp³-hybridized carbons (Fsp3) is 0.364. The van der Waals surface area contributed by atoms with Crippen molar-refractivity contribution in [1.29, 1.82) is 0 Å². The summed E-state index contributed by atoms with van der Waals surface area (Å²) >= 11 is 1.17. The van der Waals surface area contributed by atoms with E-state index in [9.17, 15) is 14.4 Å². The summed E-state index contributed by atoms with van der Waals surface area (Å²) in [6.07, 6.45) is 0.00314. The molecule has 1 aromatic heterocycles. The van der Waals surface area contributed by atoms with Gasteiger partial charge < -0.3 is 14.8 Å². The molecule has 0 saturated carbocycles. The van der Waals surface area contributed by atoms with Gasteiger partial charge in [0.15, 0.2) is 0 Å². The third-order valence-corrected chi connectivity index (χ3v) is 2.99. The number of carbonyl (C=O) groups is 3. The zero-order chi connectivity index (χ0) is 13.5. The molecule has 0 saturated heterocycles. The largest absolute Gasteiger partial charge is 0.469 e. The molecule has 1 aromatic rings. The summed E-state index contributed by atoms with van der Waals surface area (Å²) in [6, 6.07) is 1.60. The molecule has 0 spiro atoms. The number of anilines is 1. The molecule has 18 heavy (non-hydrogen) atoms. The van der Waals surface area contributed by atoms with Gasteiger partial charge in [-0.3, -0.25) is 9.59 Å². The number of nitrogens with one attached hydrogen (secondary N) is 1. The number of carbonyl (C=O) groups excluding carboxylic acids is 3. The van der Waals surface area contributed by atoms with E-state index in [2.05, 4.69) is 14.8 Å². The maximum Gasteiger partial charge on any atom is 0.350 e. The van der Waals surface area contributed by atoms with Crippen molar-refractivity contribution in [3.63, 3.8) is 0 Å². The van der Waals surface area contributed by atoms with Crippen molar-refractivity contribution in [3.8, 4) is 0 Å². The molecular formula is C11H13NO5S. The lowest BCUT2D eigenvalue weighted by atomic mass is 10.3. The third kappa shape index (κ3) is 3.85. The first-order valence-corrected chi connectivity index (χ1v) is 5.99. The maximum atomic E-state index is 11.5. The third-order valence-electron chi connectivity index (χ3n) is 2.09. The average molecular weight is 271 g/mol.